The Labute approximate surface area is 194 Å². The van der Waals surface area contributed by atoms with Crippen molar-refractivity contribution < 1.29 is 23.9 Å². The second-order valence-electron chi connectivity index (χ2n) is 8.60. The zero-order chi connectivity index (χ0) is 24.3. The summed E-state index contributed by atoms with van der Waals surface area (Å²) in [6.45, 7) is 6.57. The van der Waals surface area contributed by atoms with E-state index in [0.717, 1.165) is 16.2 Å². The van der Waals surface area contributed by atoms with Crippen molar-refractivity contribution in [1.29, 1.82) is 0 Å². The Morgan fingerprint density at radius 1 is 1.15 bits per heavy atom. The average molecular weight is 457 g/mol. The van der Waals surface area contributed by atoms with Crippen LogP contribution in [0, 0.1) is 5.92 Å². The summed E-state index contributed by atoms with van der Waals surface area (Å²) < 4.78 is 13.1. The van der Waals surface area contributed by atoms with Crippen molar-refractivity contribution in [2.45, 2.75) is 39.7 Å². The molecule has 3 rings (SSSR count). The van der Waals surface area contributed by atoms with Gasteiger partial charge in [0.05, 0.1) is 30.5 Å². The maximum absolute atomic E-state index is 13.0. The molecule has 33 heavy (non-hydrogen) atoms. The molecule has 1 aromatic heterocycles. The molecular formula is C25H32N2O6. The number of hydrogen-bond acceptors (Lipinski definition) is 6. The van der Waals surface area contributed by atoms with E-state index in [4.69, 9.17) is 14.3 Å². The Morgan fingerprint density at radius 3 is 2.48 bits per heavy atom. The van der Waals surface area contributed by atoms with Gasteiger partial charge in [0, 0.05) is 51.1 Å². The lowest BCUT2D eigenvalue weighted by atomic mass is 9.86. The highest BCUT2D eigenvalue weighted by Gasteiger charge is 2.30. The minimum Gasteiger partial charge on any atom is -0.493 e. The molecule has 1 aliphatic rings. The van der Waals surface area contributed by atoms with Gasteiger partial charge in [-0.15, -0.1) is 0 Å². The summed E-state index contributed by atoms with van der Waals surface area (Å²) in [5, 5.41) is 1.13. The molecule has 0 saturated carbocycles. The molecule has 0 N–H and O–H groups in total. The third kappa shape index (κ3) is 5.02. The van der Waals surface area contributed by atoms with Crippen LogP contribution in [-0.4, -0.2) is 55.8 Å². The van der Waals surface area contributed by atoms with Crippen LogP contribution in [0.25, 0.3) is 11.3 Å². The number of hydroxylamine groups is 2. The van der Waals surface area contributed by atoms with Crippen LogP contribution in [0.2, 0.25) is 0 Å². The van der Waals surface area contributed by atoms with Crippen molar-refractivity contribution in [2.24, 2.45) is 5.92 Å². The third-order valence-electron chi connectivity index (χ3n) is 6.04. The Balaban J connectivity index is 2.19. The molecule has 0 spiro atoms. The number of methoxy groups -OCH3 is 1. The Bertz CT molecular complexity index is 1100. The van der Waals surface area contributed by atoms with E-state index in [2.05, 4.69) is 13.8 Å². The number of carbonyl (C=O) groups excluding carboxylic acids is 2. The molecule has 0 bridgehead atoms. The number of nitrogens with zero attached hydrogens (tertiary/aromatic N) is 2. The predicted molar refractivity (Wildman–Crippen MR) is 125 cm³/mol. The minimum absolute atomic E-state index is 0.0516. The number of hydrogen-bond donors (Lipinski definition) is 0. The summed E-state index contributed by atoms with van der Waals surface area (Å²) in [4.78, 5) is 42.9. The van der Waals surface area contributed by atoms with Gasteiger partial charge < -0.3 is 14.0 Å². The van der Waals surface area contributed by atoms with Gasteiger partial charge in [-0.3, -0.25) is 19.2 Å². The summed E-state index contributed by atoms with van der Waals surface area (Å²) in [6.07, 6.45) is 3.02. The molecule has 1 unspecified atom stereocenters. The van der Waals surface area contributed by atoms with E-state index >= 15 is 0 Å². The number of benzene rings is 1. The highest BCUT2D eigenvalue weighted by Crippen LogP contribution is 2.40. The van der Waals surface area contributed by atoms with Crippen LogP contribution in [-0.2, 0) is 16.0 Å². The lowest BCUT2D eigenvalue weighted by molar-refractivity contribution is -0.0758. The first kappa shape index (κ1) is 24.7. The molecule has 0 radical (unpaired) electrons. The predicted octanol–water partition coefficient (Wildman–Crippen LogP) is 3.52. The van der Waals surface area contributed by atoms with Gasteiger partial charge in [0.1, 0.15) is 5.75 Å². The van der Waals surface area contributed by atoms with E-state index in [1.807, 2.05) is 10.6 Å². The lowest BCUT2D eigenvalue weighted by Crippen LogP contribution is -2.29. The van der Waals surface area contributed by atoms with Gasteiger partial charge >= 0.3 is 0 Å². The molecule has 2 heterocycles. The first-order valence-electron chi connectivity index (χ1n) is 11.1. The number of pyridine rings is 1. The molecule has 2 aromatic rings. The highest BCUT2D eigenvalue weighted by atomic mass is 16.7. The van der Waals surface area contributed by atoms with Crippen LogP contribution in [0.5, 0.6) is 5.75 Å². The molecule has 1 atom stereocenters. The van der Waals surface area contributed by atoms with Crippen LogP contribution in [0.15, 0.2) is 29.2 Å². The first-order valence-corrected chi connectivity index (χ1v) is 11.1. The van der Waals surface area contributed by atoms with Crippen LogP contribution < -0.4 is 10.2 Å². The maximum atomic E-state index is 13.0. The minimum atomic E-state index is -0.359. The van der Waals surface area contributed by atoms with E-state index in [0.29, 0.717) is 43.1 Å². The SMILES string of the molecule is COCCCOc1cc2c(cc1C(=O)N(C)OC)-c1cc(=O)c(C(C)=O)cn1C(C(C)C)C2. The summed E-state index contributed by atoms with van der Waals surface area (Å²) in [5.41, 5.74) is 2.63. The highest BCUT2D eigenvalue weighted by molar-refractivity contribution is 5.98. The molecule has 1 aromatic carbocycles. The molecule has 178 valence electrons. The van der Waals surface area contributed by atoms with Crippen LogP contribution >= 0.6 is 0 Å². The number of rotatable bonds is 9. The van der Waals surface area contributed by atoms with Gasteiger partial charge in [0.2, 0.25) is 0 Å². The standard InChI is InChI=1S/C25H32N2O6/c1-15(2)21-10-17-11-24(33-9-7-8-31-5)19(25(30)26(4)32-6)12-18(17)22-13-23(29)20(16(3)28)14-27(21)22/h11-15,21H,7-10H2,1-6H3. The molecule has 8 heteroatoms. The Morgan fingerprint density at radius 2 is 1.88 bits per heavy atom. The van der Waals surface area contributed by atoms with E-state index in [1.54, 1.807) is 19.4 Å². The summed E-state index contributed by atoms with van der Waals surface area (Å²) in [5.74, 6) is 0.104. The van der Waals surface area contributed by atoms with Crippen molar-refractivity contribution in [3.63, 3.8) is 0 Å². The second kappa shape index (κ2) is 10.3. The number of ether oxygens (including phenoxy) is 2. The number of carbonyl (C=O) groups is 2. The number of amides is 1. The van der Waals surface area contributed by atoms with Gasteiger partial charge in [0.15, 0.2) is 11.2 Å². The molecule has 0 fully saturated rings. The number of Topliss-reactive ketones (excluding diaryl/α,β-unsaturated/α-hetero) is 1. The maximum Gasteiger partial charge on any atom is 0.280 e. The fourth-order valence-electron chi connectivity index (χ4n) is 4.14. The van der Waals surface area contributed by atoms with E-state index in [1.165, 1.54) is 27.1 Å². The largest absolute Gasteiger partial charge is 0.493 e. The van der Waals surface area contributed by atoms with Crippen molar-refractivity contribution in [3.8, 4) is 17.0 Å². The summed E-state index contributed by atoms with van der Waals surface area (Å²) >= 11 is 0. The summed E-state index contributed by atoms with van der Waals surface area (Å²) in [7, 11) is 4.58. The molecule has 1 amide bonds. The van der Waals surface area contributed by atoms with Gasteiger partial charge in [-0.2, -0.15) is 0 Å². The lowest BCUT2D eigenvalue weighted by Gasteiger charge is -2.34. The molecule has 1 aliphatic heterocycles. The Hall–Kier alpha value is -2.97. The van der Waals surface area contributed by atoms with Crippen LogP contribution in [0.1, 0.15) is 59.5 Å². The Kier molecular flexibility index (Phi) is 7.71. The normalized spacial score (nSPS) is 14.6. The van der Waals surface area contributed by atoms with Gasteiger partial charge in [-0.25, -0.2) is 5.06 Å². The average Bonchev–Trinajstić information content (AvgIpc) is 2.79. The monoisotopic (exact) mass is 456 g/mol. The second-order valence-corrected chi connectivity index (χ2v) is 8.60. The van der Waals surface area contributed by atoms with Gasteiger partial charge in [-0.05, 0) is 37.0 Å². The fraction of sp³-hybridized carbons (Fsp3) is 0.480. The van der Waals surface area contributed by atoms with E-state index < -0.39 is 0 Å². The zero-order valence-corrected chi connectivity index (χ0v) is 20.1. The first-order chi connectivity index (χ1) is 15.7. The van der Waals surface area contributed by atoms with E-state index in [-0.39, 0.29) is 34.6 Å². The quantitative estimate of drug-likeness (QED) is 0.326. The smallest absolute Gasteiger partial charge is 0.280 e. The van der Waals surface area contributed by atoms with Crippen molar-refractivity contribution >= 4 is 11.7 Å². The molecule has 8 nitrogen and oxygen atoms in total. The van der Waals surface area contributed by atoms with Crippen molar-refractivity contribution in [3.05, 3.63) is 51.3 Å². The van der Waals surface area contributed by atoms with Crippen molar-refractivity contribution in [2.75, 3.05) is 34.5 Å². The van der Waals surface area contributed by atoms with Crippen molar-refractivity contribution in [1.82, 2.24) is 9.63 Å². The molecule has 0 aliphatic carbocycles. The third-order valence-corrected chi connectivity index (χ3v) is 6.04. The molecule has 0 saturated heterocycles. The molecular weight excluding hydrogens is 424 g/mol. The zero-order valence-electron chi connectivity index (χ0n) is 20.1. The number of aromatic nitrogens is 1. The van der Waals surface area contributed by atoms with Crippen LogP contribution in [0.3, 0.4) is 0 Å². The number of fused-ring (bicyclic) bond motifs is 3. The van der Waals surface area contributed by atoms with Gasteiger partial charge in [0.25, 0.3) is 5.91 Å². The summed E-state index contributed by atoms with van der Waals surface area (Å²) in [6, 6.07) is 5.20. The van der Waals surface area contributed by atoms with Crippen LogP contribution in [0.4, 0.5) is 0 Å². The van der Waals surface area contributed by atoms with E-state index in [9.17, 15) is 14.4 Å². The number of ketones is 1. The van der Waals surface area contributed by atoms with Gasteiger partial charge in [-0.1, -0.05) is 13.8 Å². The fourth-order valence-corrected chi connectivity index (χ4v) is 4.14. The topological polar surface area (TPSA) is 87.1 Å².